The lowest BCUT2D eigenvalue weighted by molar-refractivity contribution is 0.276. The third-order valence-corrected chi connectivity index (χ3v) is 3.40. The topological polar surface area (TPSA) is 28.2 Å². The van der Waals surface area contributed by atoms with Crippen molar-refractivity contribution in [3.05, 3.63) is 48.3 Å². The van der Waals surface area contributed by atoms with Gasteiger partial charge in [0.2, 0.25) is 0 Å². The number of aromatic nitrogens is 1. The Hall–Kier alpha value is -1.77. The number of hydrogen-bond donors (Lipinski definition) is 1. The zero-order valence-corrected chi connectivity index (χ0v) is 9.84. The van der Waals surface area contributed by atoms with Crippen LogP contribution >= 0.6 is 0 Å². The second kappa shape index (κ2) is 4.62. The molecule has 1 aliphatic carbocycles. The fraction of sp³-hybridized carbons (Fsp3) is 0.357. The van der Waals surface area contributed by atoms with Gasteiger partial charge in [0.1, 0.15) is 5.82 Å². The highest BCUT2D eigenvalue weighted by Gasteiger charge is 2.25. The van der Waals surface area contributed by atoms with Crippen LogP contribution in [0.3, 0.4) is 0 Å². The van der Waals surface area contributed by atoms with E-state index < -0.39 is 0 Å². The number of nitrogens with zero attached hydrogens (tertiary/aromatic N) is 2. The summed E-state index contributed by atoms with van der Waals surface area (Å²) in [5.41, 5.74) is 4.81. The lowest BCUT2D eigenvalue weighted by Crippen LogP contribution is -2.38. The quantitative estimate of drug-likeness (QED) is 0.842. The van der Waals surface area contributed by atoms with Crippen molar-refractivity contribution in [2.45, 2.75) is 19.3 Å². The van der Waals surface area contributed by atoms with Gasteiger partial charge in [-0.2, -0.15) is 0 Å². The largest absolute Gasteiger partial charge is 0.290 e. The Bertz CT molecular complexity index is 436. The Labute approximate surface area is 102 Å². The summed E-state index contributed by atoms with van der Waals surface area (Å²) in [6.45, 7) is 1.06. The van der Waals surface area contributed by atoms with Crippen LogP contribution in [0.4, 0.5) is 5.82 Å². The number of hydrazine groups is 1. The predicted octanol–water partition coefficient (Wildman–Crippen LogP) is 2.96. The van der Waals surface area contributed by atoms with E-state index in [2.05, 4.69) is 33.6 Å². The molecular formula is C14H17N3. The lowest BCUT2D eigenvalue weighted by atomic mass is 9.89. The van der Waals surface area contributed by atoms with Crippen molar-refractivity contribution in [3.63, 3.8) is 0 Å². The van der Waals surface area contributed by atoms with E-state index in [0.29, 0.717) is 5.92 Å². The number of rotatable bonds is 2. The maximum absolute atomic E-state index is 4.31. The molecule has 2 aliphatic rings. The molecule has 1 fully saturated rings. The van der Waals surface area contributed by atoms with Gasteiger partial charge in [-0.3, -0.25) is 10.4 Å². The van der Waals surface area contributed by atoms with Crippen molar-refractivity contribution in [3.8, 4) is 0 Å². The first kappa shape index (κ1) is 10.4. The zero-order chi connectivity index (χ0) is 11.5. The van der Waals surface area contributed by atoms with Gasteiger partial charge in [-0.05, 0) is 37.5 Å². The van der Waals surface area contributed by atoms with Gasteiger partial charge in [-0.25, -0.2) is 4.98 Å². The molecule has 0 spiro atoms. The summed E-state index contributed by atoms with van der Waals surface area (Å²) in [7, 11) is 0. The second-order valence-electron chi connectivity index (χ2n) is 4.57. The Balaban J connectivity index is 1.78. The van der Waals surface area contributed by atoms with Gasteiger partial charge in [-0.1, -0.05) is 18.2 Å². The number of pyridine rings is 1. The Morgan fingerprint density at radius 3 is 3.24 bits per heavy atom. The summed E-state index contributed by atoms with van der Waals surface area (Å²) in [5.74, 6) is 1.61. The molecule has 3 nitrogen and oxygen atoms in total. The molecule has 0 bridgehead atoms. The van der Waals surface area contributed by atoms with Crippen molar-refractivity contribution < 1.29 is 0 Å². The van der Waals surface area contributed by atoms with Crippen LogP contribution in [0.5, 0.6) is 0 Å². The Morgan fingerprint density at radius 2 is 2.35 bits per heavy atom. The molecule has 3 rings (SSSR count). The molecule has 3 heteroatoms. The third-order valence-electron chi connectivity index (χ3n) is 3.40. The molecule has 1 aromatic rings. The van der Waals surface area contributed by atoms with Crippen LogP contribution in [0.25, 0.3) is 0 Å². The second-order valence-corrected chi connectivity index (χ2v) is 4.57. The molecule has 1 N–H and O–H groups in total. The number of hydrogen-bond acceptors (Lipinski definition) is 3. The highest BCUT2D eigenvalue weighted by molar-refractivity contribution is 5.34. The van der Waals surface area contributed by atoms with Gasteiger partial charge in [0.05, 0.1) is 0 Å². The van der Waals surface area contributed by atoms with Crippen molar-refractivity contribution in [1.29, 1.82) is 0 Å². The lowest BCUT2D eigenvalue weighted by Gasteiger charge is -2.38. The van der Waals surface area contributed by atoms with E-state index in [1.54, 1.807) is 0 Å². The van der Waals surface area contributed by atoms with Crippen LogP contribution in [-0.2, 0) is 0 Å². The van der Waals surface area contributed by atoms with Crippen LogP contribution in [-0.4, -0.2) is 16.5 Å². The van der Waals surface area contributed by atoms with E-state index in [9.17, 15) is 0 Å². The zero-order valence-electron chi connectivity index (χ0n) is 9.84. The van der Waals surface area contributed by atoms with E-state index in [1.165, 1.54) is 25.0 Å². The smallest absolute Gasteiger partial charge is 0.144 e. The van der Waals surface area contributed by atoms with Gasteiger partial charge < -0.3 is 0 Å². The van der Waals surface area contributed by atoms with Crippen molar-refractivity contribution in [2.24, 2.45) is 5.92 Å². The average molecular weight is 227 g/mol. The van der Waals surface area contributed by atoms with E-state index in [1.807, 2.05) is 24.4 Å². The summed E-state index contributed by atoms with van der Waals surface area (Å²) in [4.78, 5) is 4.31. The molecule has 88 valence electrons. The molecule has 0 radical (unpaired) electrons. The number of anilines is 1. The standard InChI is InChI=1S/C14H17N3/c1-2-8-13-12(6-1)7-5-11-17(13)16-14-9-3-4-10-15-14/h1-4,8-10,12H,5-7,11H2,(H,15,16). The van der Waals surface area contributed by atoms with Gasteiger partial charge in [0.15, 0.2) is 0 Å². The molecule has 0 aromatic carbocycles. The van der Waals surface area contributed by atoms with Crippen LogP contribution in [0.15, 0.2) is 48.3 Å². The van der Waals surface area contributed by atoms with Crippen LogP contribution < -0.4 is 5.43 Å². The van der Waals surface area contributed by atoms with Crippen molar-refractivity contribution in [1.82, 2.24) is 9.99 Å². The summed E-state index contributed by atoms with van der Waals surface area (Å²) >= 11 is 0. The minimum atomic E-state index is 0.685. The number of nitrogens with one attached hydrogen (secondary N) is 1. The molecule has 1 atom stereocenters. The maximum Gasteiger partial charge on any atom is 0.144 e. The number of allylic oxidation sites excluding steroid dienone is 4. The minimum absolute atomic E-state index is 0.685. The average Bonchev–Trinajstić information content (AvgIpc) is 2.40. The molecule has 1 unspecified atom stereocenters. The highest BCUT2D eigenvalue weighted by atomic mass is 15.5. The summed E-state index contributed by atoms with van der Waals surface area (Å²) in [5, 5.41) is 2.25. The SMILES string of the molecule is C1=CCC2CCCN(Nc3ccccn3)C2=C1. The first-order chi connectivity index (χ1) is 8.43. The summed E-state index contributed by atoms with van der Waals surface area (Å²) in [6.07, 6.45) is 12.2. The number of piperidine rings is 1. The van der Waals surface area contributed by atoms with Gasteiger partial charge >= 0.3 is 0 Å². The van der Waals surface area contributed by atoms with Crippen LogP contribution in [0, 0.1) is 5.92 Å². The van der Waals surface area contributed by atoms with E-state index in [0.717, 1.165) is 12.4 Å². The molecular weight excluding hydrogens is 210 g/mol. The fourth-order valence-electron chi connectivity index (χ4n) is 2.55. The third kappa shape index (κ3) is 2.18. The van der Waals surface area contributed by atoms with Crippen LogP contribution in [0.2, 0.25) is 0 Å². The van der Waals surface area contributed by atoms with Crippen molar-refractivity contribution >= 4 is 5.82 Å². The molecule has 0 saturated carbocycles. The van der Waals surface area contributed by atoms with Gasteiger partial charge in [-0.15, -0.1) is 0 Å². The van der Waals surface area contributed by atoms with E-state index >= 15 is 0 Å². The van der Waals surface area contributed by atoms with Crippen molar-refractivity contribution in [2.75, 3.05) is 12.0 Å². The molecule has 1 aliphatic heterocycles. The molecule has 1 aromatic heterocycles. The molecule has 0 amide bonds. The summed E-state index contributed by atoms with van der Waals surface area (Å²) in [6, 6.07) is 5.95. The fourth-order valence-corrected chi connectivity index (χ4v) is 2.55. The molecule has 1 saturated heterocycles. The van der Waals surface area contributed by atoms with E-state index in [-0.39, 0.29) is 0 Å². The highest BCUT2D eigenvalue weighted by Crippen LogP contribution is 2.32. The first-order valence-electron chi connectivity index (χ1n) is 6.25. The predicted molar refractivity (Wildman–Crippen MR) is 69.1 cm³/mol. The van der Waals surface area contributed by atoms with Gasteiger partial charge in [0, 0.05) is 24.4 Å². The number of fused-ring (bicyclic) bond motifs is 1. The maximum atomic E-state index is 4.31. The van der Waals surface area contributed by atoms with Gasteiger partial charge in [0.25, 0.3) is 0 Å². The minimum Gasteiger partial charge on any atom is -0.290 e. The normalized spacial score (nSPS) is 22.9. The van der Waals surface area contributed by atoms with Crippen LogP contribution in [0.1, 0.15) is 19.3 Å². The molecule has 17 heavy (non-hydrogen) atoms. The Kier molecular flexibility index (Phi) is 2.82. The monoisotopic (exact) mass is 227 g/mol. The Morgan fingerprint density at radius 1 is 1.35 bits per heavy atom. The van der Waals surface area contributed by atoms with E-state index in [4.69, 9.17) is 0 Å². The summed E-state index contributed by atoms with van der Waals surface area (Å²) < 4.78 is 0. The first-order valence-corrected chi connectivity index (χ1v) is 6.25. The molecule has 2 heterocycles.